The van der Waals surface area contributed by atoms with Crippen molar-refractivity contribution in [3.05, 3.63) is 30.3 Å². The third-order valence-corrected chi connectivity index (χ3v) is 4.14. The van der Waals surface area contributed by atoms with Gasteiger partial charge in [0.25, 0.3) is 0 Å². The smallest absolute Gasteiger partial charge is 0.143 e. The molecule has 2 aromatic heterocycles. The maximum atomic E-state index is 13.3. The quantitative estimate of drug-likeness (QED) is 0.677. The van der Waals surface area contributed by atoms with Gasteiger partial charge >= 0.3 is 0 Å². The molecule has 3 aromatic rings. The Morgan fingerprint density at radius 3 is 2.95 bits per heavy atom. The van der Waals surface area contributed by atoms with E-state index in [1.165, 1.54) is 18.5 Å². The van der Waals surface area contributed by atoms with Gasteiger partial charge in [-0.3, -0.25) is 0 Å². The second-order valence-electron chi connectivity index (χ2n) is 6.01. The summed E-state index contributed by atoms with van der Waals surface area (Å²) in [4.78, 5) is 11.7. The number of hydrogen-bond acceptors (Lipinski definition) is 4. The molecule has 6 heteroatoms. The van der Waals surface area contributed by atoms with Gasteiger partial charge < -0.3 is 15.4 Å². The molecule has 5 nitrogen and oxygen atoms in total. The van der Waals surface area contributed by atoms with E-state index in [4.69, 9.17) is 0 Å². The van der Waals surface area contributed by atoms with Crippen molar-refractivity contribution in [2.45, 2.75) is 31.4 Å². The number of benzene rings is 1. The Morgan fingerprint density at radius 1 is 1.38 bits per heavy atom. The molecule has 0 spiro atoms. The molecule has 3 N–H and O–H groups in total. The fourth-order valence-corrected chi connectivity index (χ4v) is 3.16. The second-order valence-corrected chi connectivity index (χ2v) is 6.01. The standard InChI is InChI=1S/C15H15FN4O/c1-15(5-9(21)6-15)20-14-12-10-3-2-8(16)4-11(10)19-13(12)17-7-18-14/h2-4,7,9,21H,5-6H2,1H3,(H2,17,18,19,20). The van der Waals surface area contributed by atoms with Gasteiger partial charge in [0.1, 0.15) is 23.6 Å². The molecule has 0 aliphatic heterocycles. The maximum Gasteiger partial charge on any atom is 0.143 e. The minimum absolute atomic E-state index is 0.162. The number of halogens is 1. The lowest BCUT2D eigenvalue weighted by Gasteiger charge is -2.43. The zero-order valence-corrected chi connectivity index (χ0v) is 11.5. The predicted molar refractivity (Wildman–Crippen MR) is 78.6 cm³/mol. The molecular weight excluding hydrogens is 271 g/mol. The average Bonchev–Trinajstić information content (AvgIpc) is 2.75. The van der Waals surface area contributed by atoms with Gasteiger partial charge in [0, 0.05) is 10.9 Å². The number of aromatic amines is 1. The van der Waals surface area contributed by atoms with Gasteiger partial charge in [-0.1, -0.05) is 0 Å². The van der Waals surface area contributed by atoms with Crippen molar-refractivity contribution in [2.24, 2.45) is 0 Å². The Hall–Kier alpha value is -2.21. The van der Waals surface area contributed by atoms with E-state index in [1.54, 1.807) is 6.07 Å². The van der Waals surface area contributed by atoms with E-state index >= 15 is 0 Å². The number of aromatic nitrogens is 3. The first-order chi connectivity index (χ1) is 10.0. The molecule has 2 heterocycles. The molecule has 1 fully saturated rings. The minimum atomic E-state index is -0.286. The summed E-state index contributed by atoms with van der Waals surface area (Å²) in [5.41, 5.74) is 1.22. The first-order valence-corrected chi connectivity index (χ1v) is 6.92. The molecule has 0 atom stereocenters. The van der Waals surface area contributed by atoms with Crippen LogP contribution in [0.3, 0.4) is 0 Å². The number of nitrogens with one attached hydrogen (secondary N) is 2. The van der Waals surface area contributed by atoms with Crippen molar-refractivity contribution in [3.8, 4) is 0 Å². The number of fused-ring (bicyclic) bond motifs is 3. The van der Waals surface area contributed by atoms with Gasteiger partial charge in [-0.2, -0.15) is 0 Å². The average molecular weight is 286 g/mol. The lowest BCUT2D eigenvalue weighted by Crippen LogP contribution is -2.50. The molecule has 0 radical (unpaired) electrons. The van der Waals surface area contributed by atoms with Crippen LogP contribution in [-0.4, -0.2) is 31.7 Å². The van der Waals surface area contributed by atoms with Crippen LogP contribution in [0.4, 0.5) is 10.2 Å². The van der Waals surface area contributed by atoms with Crippen LogP contribution in [0.2, 0.25) is 0 Å². The zero-order chi connectivity index (χ0) is 14.6. The molecule has 21 heavy (non-hydrogen) atoms. The fourth-order valence-electron chi connectivity index (χ4n) is 3.16. The normalized spacial score (nSPS) is 25.2. The summed E-state index contributed by atoms with van der Waals surface area (Å²) >= 11 is 0. The van der Waals surface area contributed by atoms with E-state index in [2.05, 4.69) is 27.2 Å². The first-order valence-electron chi connectivity index (χ1n) is 6.92. The molecule has 108 valence electrons. The lowest BCUT2D eigenvalue weighted by molar-refractivity contribution is 0.0422. The van der Waals surface area contributed by atoms with E-state index in [-0.39, 0.29) is 17.5 Å². The number of aliphatic hydroxyl groups is 1. The van der Waals surface area contributed by atoms with Crippen molar-refractivity contribution in [2.75, 3.05) is 5.32 Å². The topological polar surface area (TPSA) is 73.8 Å². The molecule has 4 rings (SSSR count). The minimum Gasteiger partial charge on any atom is -0.393 e. The molecule has 1 aromatic carbocycles. The Kier molecular flexibility index (Phi) is 2.47. The van der Waals surface area contributed by atoms with Crippen LogP contribution >= 0.6 is 0 Å². The van der Waals surface area contributed by atoms with Crippen LogP contribution in [0.15, 0.2) is 24.5 Å². The number of H-pyrrole nitrogens is 1. The summed E-state index contributed by atoms with van der Waals surface area (Å²) in [6.45, 7) is 2.06. The van der Waals surface area contributed by atoms with Crippen LogP contribution in [0.1, 0.15) is 19.8 Å². The summed E-state index contributed by atoms with van der Waals surface area (Å²) in [5.74, 6) is 0.429. The molecule has 0 saturated heterocycles. The molecule has 0 amide bonds. The van der Waals surface area contributed by atoms with Crippen molar-refractivity contribution in [1.29, 1.82) is 0 Å². The van der Waals surface area contributed by atoms with Crippen LogP contribution in [-0.2, 0) is 0 Å². The van der Waals surface area contributed by atoms with Crippen molar-refractivity contribution in [3.63, 3.8) is 0 Å². The van der Waals surface area contributed by atoms with E-state index in [9.17, 15) is 9.50 Å². The van der Waals surface area contributed by atoms with Gasteiger partial charge in [-0.15, -0.1) is 0 Å². The molecule has 1 aliphatic rings. The monoisotopic (exact) mass is 286 g/mol. The summed E-state index contributed by atoms with van der Waals surface area (Å²) in [6.07, 6.45) is 2.61. The number of nitrogens with zero attached hydrogens (tertiary/aromatic N) is 2. The predicted octanol–water partition coefficient (Wildman–Crippen LogP) is 2.58. The van der Waals surface area contributed by atoms with Crippen LogP contribution in [0.25, 0.3) is 21.9 Å². The highest BCUT2D eigenvalue weighted by Gasteiger charge is 2.39. The molecule has 1 aliphatic carbocycles. The summed E-state index contributed by atoms with van der Waals surface area (Å²) in [5, 5.41) is 14.7. The molecule has 1 saturated carbocycles. The summed E-state index contributed by atoms with van der Waals surface area (Å²) in [6, 6.07) is 4.62. The number of anilines is 1. The molecule has 0 unspecified atom stereocenters. The SMILES string of the molecule is CC1(Nc2ncnc3[nH]c4cc(F)ccc4c23)CC(O)C1. The van der Waals surface area contributed by atoms with E-state index in [0.29, 0.717) is 29.8 Å². The van der Waals surface area contributed by atoms with E-state index in [1.807, 2.05) is 0 Å². The Balaban J connectivity index is 1.87. The van der Waals surface area contributed by atoms with Crippen molar-refractivity contribution >= 4 is 27.8 Å². The van der Waals surface area contributed by atoms with Gasteiger partial charge in [0.05, 0.1) is 17.0 Å². The fraction of sp³-hybridized carbons (Fsp3) is 0.333. The Labute approximate surface area is 120 Å². The van der Waals surface area contributed by atoms with E-state index < -0.39 is 0 Å². The lowest BCUT2D eigenvalue weighted by atomic mass is 9.76. The summed E-state index contributed by atoms with van der Waals surface area (Å²) < 4.78 is 13.3. The van der Waals surface area contributed by atoms with Crippen LogP contribution in [0, 0.1) is 5.82 Å². The van der Waals surface area contributed by atoms with Gasteiger partial charge in [0.2, 0.25) is 0 Å². The van der Waals surface area contributed by atoms with Gasteiger partial charge in [-0.25, -0.2) is 14.4 Å². The maximum absolute atomic E-state index is 13.3. The third kappa shape index (κ3) is 1.94. The largest absolute Gasteiger partial charge is 0.393 e. The third-order valence-electron chi connectivity index (χ3n) is 4.14. The molecular formula is C15H15FN4O. The van der Waals surface area contributed by atoms with Crippen molar-refractivity contribution in [1.82, 2.24) is 15.0 Å². The van der Waals surface area contributed by atoms with Crippen LogP contribution in [0.5, 0.6) is 0 Å². The first kappa shape index (κ1) is 12.5. The Morgan fingerprint density at radius 2 is 2.19 bits per heavy atom. The van der Waals surface area contributed by atoms with Gasteiger partial charge in [0.15, 0.2) is 0 Å². The second kappa shape index (κ2) is 4.14. The zero-order valence-electron chi connectivity index (χ0n) is 11.5. The molecule has 0 bridgehead atoms. The number of rotatable bonds is 2. The van der Waals surface area contributed by atoms with Crippen molar-refractivity contribution < 1.29 is 9.50 Å². The highest BCUT2D eigenvalue weighted by atomic mass is 19.1. The highest BCUT2D eigenvalue weighted by Crippen LogP contribution is 2.37. The van der Waals surface area contributed by atoms with Crippen LogP contribution < -0.4 is 5.32 Å². The summed E-state index contributed by atoms with van der Waals surface area (Å²) in [7, 11) is 0. The highest BCUT2D eigenvalue weighted by molar-refractivity contribution is 6.11. The number of aliphatic hydroxyl groups excluding tert-OH is 1. The number of hydrogen-bond donors (Lipinski definition) is 3. The van der Waals surface area contributed by atoms with Gasteiger partial charge in [-0.05, 0) is 38.0 Å². The van der Waals surface area contributed by atoms with E-state index in [0.717, 1.165) is 10.8 Å². The Bertz CT molecular complexity index is 838.